The summed E-state index contributed by atoms with van der Waals surface area (Å²) in [5.74, 6) is -3.86. The number of likely N-dealkylation sites (tertiary alicyclic amines) is 1. The number of nitrogens with one attached hydrogen (secondary N) is 1. The minimum absolute atomic E-state index is 0.0404. The van der Waals surface area contributed by atoms with E-state index >= 15 is 0 Å². The van der Waals surface area contributed by atoms with Gasteiger partial charge >= 0.3 is 12.1 Å². The Morgan fingerprint density at radius 3 is 2.31 bits per heavy atom. The molecular formula is C24H34N2O6. The number of amides is 2. The summed E-state index contributed by atoms with van der Waals surface area (Å²) in [6, 6.07) is 8.33. The van der Waals surface area contributed by atoms with Gasteiger partial charge < -0.3 is 20.1 Å². The third-order valence-electron chi connectivity index (χ3n) is 5.41. The smallest absolute Gasteiger partial charge is 0.408 e. The summed E-state index contributed by atoms with van der Waals surface area (Å²) >= 11 is 0. The number of benzene rings is 1. The number of carboxylic acid groups (broad SMARTS) is 1. The summed E-state index contributed by atoms with van der Waals surface area (Å²) in [6.07, 6.45) is -0.394. The zero-order valence-electron chi connectivity index (χ0n) is 19.5. The molecule has 2 N–H and O–H groups in total. The standard InChI is InChI=1S/C24H34N2O6/c1-15(2)19(25-23(31)32-24(3,4)5)20(27)18-12-11-17(22(29)30)14-26(21(18)28)13-16-9-7-6-8-10-16/h6-10,15,17-19H,11-14H2,1-5H3,(H,25,31)(H,29,30). The summed E-state index contributed by atoms with van der Waals surface area (Å²) in [5, 5.41) is 12.2. The molecule has 2 amide bonds. The molecule has 1 heterocycles. The number of Topliss-reactive ketones (excluding diaryl/α,β-unsaturated/α-hetero) is 1. The lowest BCUT2D eigenvalue weighted by molar-refractivity contribution is -0.144. The van der Waals surface area contributed by atoms with E-state index in [1.165, 1.54) is 4.90 Å². The van der Waals surface area contributed by atoms with E-state index in [-0.39, 0.29) is 31.8 Å². The van der Waals surface area contributed by atoms with Crippen LogP contribution in [0.1, 0.15) is 53.0 Å². The number of carbonyl (C=O) groups is 4. The van der Waals surface area contributed by atoms with Crippen molar-refractivity contribution in [2.75, 3.05) is 6.54 Å². The number of hydrogen-bond acceptors (Lipinski definition) is 5. The molecule has 1 fully saturated rings. The molecule has 3 atom stereocenters. The number of carboxylic acids is 1. The molecule has 2 rings (SSSR count). The van der Waals surface area contributed by atoms with Crippen LogP contribution < -0.4 is 5.32 Å². The van der Waals surface area contributed by atoms with Gasteiger partial charge in [0.05, 0.1) is 17.9 Å². The fourth-order valence-corrected chi connectivity index (χ4v) is 3.79. The van der Waals surface area contributed by atoms with Crippen LogP contribution in [-0.4, -0.2) is 51.9 Å². The van der Waals surface area contributed by atoms with Gasteiger partial charge in [-0.2, -0.15) is 0 Å². The zero-order chi connectivity index (χ0) is 24.1. The van der Waals surface area contributed by atoms with E-state index in [2.05, 4.69) is 5.32 Å². The average molecular weight is 447 g/mol. The first-order valence-electron chi connectivity index (χ1n) is 11.0. The van der Waals surface area contributed by atoms with Gasteiger partial charge in [-0.1, -0.05) is 44.2 Å². The highest BCUT2D eigenvalue weighted by Crippen LogP contribution is 2.27. The molecule has 176 valence electrons. The Morgan fingerprint density at radius 2 is 1.78 bits per heavy atom. The Kier molecular flexibility index (Phi) is 8.41. The zero-order valence-corrected chi connectivity index (χ0v) is 19.5. The van der Waals surface area contributed by atoms with Crippen LogP contribution in [0.5, 0.6) is 0 Å². The van der Waals surface area contributed by atoms with E-state index in [1.807, 2.05) is 30.3 Å². The second-order valence-corrected chi connectivity index (χ2v) is 9.64. The van der Waals surface area contributed by atoms with Crippen molar-refractivity contribution < 1.29 is 29.0 Å². The van der Waals surface area contributed by atoms with Gasteiger partial charge in [0.25, 0.3) is 0 Å². The Morgan fingerprint density at radius 1 is 1.16 bits per heavy atom. The molecule has 8 heteroatoms. The number of aliphatic carboxylic acids is 1. The molecular weight excluding hydrogens is 412 g/mol. The molecule has 1 aromatic carbocycles. The van der Waals surface area contributed by atoms with Crippen molar-refractivity contribution in [1.82, 2.24) is 10.2 Å². The van der Waals surface area contributed by atoms with Crippen molar-refractivity contribution in [3.05, 3.63) is 35.9 Å². The number of alkyl carbamates (subject to hydrolysis) is 1. The molecule has 8 nitrogen and oxygen atoms in total. The Hall–Kier alpha value is -2.90. The molecule has 0 aliphatic carbocycles. The summed E-state index contributed by atoms with van der Waals surface area (Å²) in [6.45, 7) is 8.99. The van der Waals surface area contributed by atoms with Crippen LogP contribution in [0.4, 0.5) is 4.79 Å². The Balaban J connectivity index is 2.26. The number of nitrogens with zero attached hydrogens (tertiary/aromatic N) is 1. The largest absolute Gasteiger partial charge is 0.481 e. The predicted molar refractivity (Wildman–Crippen MR) is 119 cm³/mol. The van der Waals surface area contributed by atoms with Crippen molar-refractivity contribution in [1.29, 1.82) is 0 Å². The minimum atomic E-state index is -1.02. The van der Waals surface area contributed by atoms with Crippen LogP contribution in [-0.2, 0) is 25.7 Å². The molecule has 0 saturated carbocycles. The maximum atomic E-state index is 13.4. The molecule has 3 unspecified atom stereocenters. The van der Waals surface area contributed by atoms with Gasteiger partial charge in [-0.25, -0.2) is 4.79 Å². The fourth-order valence-electron chi connectivity index (χ4n) is 3.79. The normalized spacial score (nSPS) is 20.4. The minimum Gasteiger partial charge on any atom is -0.481 e. The third kappa shape index (κ3) is 7.07. The number of hydrogen-bond donors (Lipinski definition) is 2. The number of carbonyl (C=O) groups excluding carboxylic acids is 3. The van der Waals surface area contributed by atoms with Crippen molar-refractivity contribution in [2.24, 2.45) is 17.8 Å². The SMILES string of the molecule is CC(C)C(NC(=O)OC(C)(C)C)C(=O)C1CCC(C(=O)O)CN(Cc2ccccc2)C1=O. The summed E-state index contributed by atoms with van der Waals surface area (Å²) in [5.41, 5.74) is 0.124. The quantitative estimate of drug-likeness (QED) is 0.622. The van der Waals surface area contributed by atoms with Crippen LogP contribution in [0.25, 0.3) is 0 Å². The summed E-state index contributed by atoms with van der Waals surface area (Å²) in [7, 11) is 0. The molecule has 0 spiro atoms. The van der Waals surface area contributed by atoms with Gasteiger partial charge in [0.1, 0.15) is 5.60 Å². The Bertz CT molecular complexity index is 831. The fraction of sp³-hybridized carbons (Fsp3) is 0.583. The first kappa shape index (κ1) is 25.4. The van der Waals surface area contributed by atoms with Crippen LogP contribution in [0, 0.1) is 17.8 Å². The molecule has 1 aliphatic rings. The number of ketones is 1. The van der Waals surface area contributed by atoms with Gasteiger partial charge in [0.15, 0.2) is 5.78 Å². The average Bonchev–Trinajstić information content (AvgIpc) is 2.84. The summed E-state index contributed by atoms with van der Waals surface area (Å²) in [4.78, 5) is 52.2. The van der Waals surface area contributed by atoms with E-state index in [1.54, 1.807) is 34.6 Å². The highest BCUT2D eigenvalue weighted by molar-refractivity contribution is 6.05. The van der Waals surface area contributed by atoms with Crippen molar-refractivity contribution in [3.63, 3.8) is 0 Å². The van der Waals surface area contributed by atoms with Crippen LogP contribution in [0.3, 0.4) is 0 Å². The lowest BCUT2D eigenvalue weighted by Gasteiger charge is -2.29. The molecule has 1 aliphatic heterocycles. The van der Waals surface area contributed by atoms with Gasteiger partial charge in [0.2, 0.25) is 5.91 Å². The third-order valence-corrected chi connectivity index (χ3v) is 5.41. The van der Waals surface area contributed by atoms with Gasteiger partial charge in [-0.15, -0.1) is 0 Å². The van der Waals surface area contributed by atoms with Crippen LogP contribution in [0.2, 0.25) is 0 Å². The molecule has 1 aromatic rings. The summed E-state index contributed by atoms with van der Waals surface area (Å²) < 4.78 is 5.28. The molecule has 0 radical (unpaired) electrons. The van der Waals surface area contributed by atoms with E-state index in [9.17, 15) is 24.3 Å². The number of rotatable bonds is 7. The monoisotopic (exact) mass is 446 g/mol. The van der Waals surface area contributed by atoms with Gasteiger partial charge in [-0.05, 0) is 45.1 Å². The van der Waals surface area contributed by atoms with E-state index in [0.717, 1.165) is 5.56 Å². The van der Waals surface area contributed by atoms with Crippen molar-refractivity contribution in [3.8, 4) is 0 Å². The maximum Gasteiger partial charge on any atom is 0.408 e. The number of ether oxygens (including phenoxy) is 1. The maximum absolute atomic E-state index is 13.4. The van der Waals surface area contributed by atoms with E-state index in [0.29, 0.717) is 0 Å². The first-order valence-corrected chi connectivity index (χ1v) is 11.0. The first-order chi connectivity index (χ1) is 14.9. The molecule has 1 saturated heterocycles. The Labute approximate surface area is 189 Å². The van der Waals surface area contributed by atoms with E-state index < -0.39 is 47.2 Å². The molecule has 0 bridgehead atoms. The van der Waals surface area contributed by atoms with Crippen molar-refractivity contribution >= 4 is 23.8 Å². The topological polar surface area (TPSA) is 113 Å². The molecule has 0 aromatic heterocycles. The van der Waals surface area contributed by atoms with Crippen LogP contribution >= 0.6 is 0 Å². The van der Waals surface area contributed by atoms with Crippen LogP contribution in [0.15, 0.2) is 30.3 Å². The highest BCUT2D eigenvalue weighted by Gasteiger charge is 2.41. The highest BCUT2D eigenvalue weighted by atomic mass is 16.6. The second kappa shape index (κ2) is 10.6. The lowest BCUT2D eigenvalue weighted by atomic mass is 9.87. The second-order valence-electron chi connectivity index (χ2n) is 9.64. The lowest BCUT2D eigenvalue weighted by Crippen LogP contribution is -2.51. The van der Waals surface area contributed by atoms with Gasteiger partial charge in [0, 0.05) is 13.1 Å². The molecule has 32 heavy (non-hydrogen) atoms. The predicted octanol–water partition coefficient (Wildman–Crippen LogP) is 3.24. The van der Waals surface area contributed by atoms with Crippen molar-refractivity contribution in [2.45, 2.75) is 65.6 Å². The van der Waals surface area contributed by atoms with E-state index in [4.69, 9.17) is 4.74 Å². The van der Waals surface area contributed by atoms with Gasteiger partial charge in [-0.3, -0.25) is 14.4 Å².